The number of hydrazone groups is 1. The van der Waals surface area contributed by atoms with Crippen molar-refractivity contribution in [1.82, 2.24) is 9.97 Å². The molecule has 5 rings (SSSR count). The van der Waals surface area contributed by atoms with Crippen LogP contribution in [-0.4, -0.2) is 16.2 Å². The minimum absolute atomic E-state index is 0.316. The fourth-order valence-corrected chi connectivity index (χ4v) is 4.29. The molecular weight excluding hydrogens is 449 g/mol. The molecule has 164 valence electrons. The summed E-state index contributed by atoms with van der Waals surface area (Å²) >= 11 is 1.51. The SMILES string of the molecule is FC(F)(F)c1cccc(-c2ccc(C=NNc3ncnc4scc(-c5ccccc5)c34)o2)c1. The van der Waals surface area contributed by atoms with Crippen LogP contribution in [0.5, 0.6) is 0 Å². The molecule has 33 heavy (non-hydrogen) atoms. The third-order valence-electron chi connectivity index (χ3n) is 4.92. The smallest absolute Gasteiger partial charge is 0.416 e. The molecule has 1 N–H and O–H groups in total. The zero-order valence-corrected chi connectivity index (χ0v) is 17.7. The molecule has 0 unspecified atom stereocenters. The lowest BCUT2D eigenvalue weighted by Crippen LogP contribution is -2.04. The number of hydrogen-bond acceptors (Lipinski definition) is 6. The number of hydrogen-bond donors (Lipinski definition) is 1. The molecule has 0 amide bonds. The number of aromatic nitrogens is 2. The van der Waals surface area contributed by atoms with Gasteiger partial charge >= 0.3 is 6.18 Å². The molecule has 0 saturated heterocycles. The van der Waals surface area contributed by atoms with E-state index in [0.29, 0.717) is 22.9 Å². The molecule has 0 spiro atoms. The lowest BCUT2D eigenvalue weighted by Gasteiger charge is -2.07. The van der Waals surface area contributed by atoms with Gasteiger partial charge in [0.2, 0.25) is 0 Å². The highest BCUT2D eigenvalue weighted by Gasteiger charge is 2.30. The van der Waals surface area contributed by atoms with Crippen LogP contribution in [0.15, 0.2) is 88.0 Å². The van der Waals surface area contributed by atoms with E-state index < -0.39 is 11.7 Å². The Balaban J connectivity index is 1.38. The summed E-state index contributed by atoms with van der Waals surface area (Å²) < 4.78 is 44.6. The van der Waals surface area contributed by atoms with Gasteiger partial charge in [-0.25, -0.2) is 9.97 Å². The van der Waals surface area contributed by atoms with E-state index >= 15 is 0 Å². The van der Waals surface area contributed by atoms with Crippen molar-refractivity contribution in [2.45, 2.75) is 6.18 Å². The van der Waals surface area contributed by atoms with E-state index in [-0.39, 0.29) is 0 Å². The number of alkyl halides is 3. The summed E-state index contributed by atoms with van der Waals surface area (Å²) in [5, 5.41) is 7.09. The van der Waals surface area contributed by atoms with E-state index in [4.69, 9.17) is 4.42 Å². The molecule has 0 atom stereocenters. The third-order valence-corrected chi connectivity index (χ3v) is 5.80. The van der Waals surface area contributed by atoms with Gasteiger partial charge in [0.05, 0.1) is 17.2 Å². The minimum atomic E-state index is -4.42. The highest BCUT2D eigenvalue weighted by Crippen LogP contribution is 2.36. The first kappa shape index (κ1) is 20.9. The Labute approximate surface area is 190 Å². The molecule has 0 aliphatic rings. The van der Waals surface area contributed by atoms with E-state index in [9.17, 15) is 13.2 Å². The average Bonchev–Trinajstić information content (AvgIpc) is 3.47. The maximum absolute atomic E-state index is 13.0. The van der Waals surface area contributed by atoms with Gasteiger partial charge in [0.25, 0.3) is 0 Å². The minimum Gasteiger partial charge on any atom is -0.455 e. The second-order valence-electron chi connectivity index (χ2n) is 7.07. The number of anilines is 1. The number of rotatable bonds is 5. The third kappa shape index (κ3) is 4.35. The summed E-state index contributed by atoms with van der Waals surface area (Å²) in [6.07, 6.45) is -1.51. The van der Waals surface area contributed by atoms with E-state index in [1.807, 2.05) is 35.7 Å². The molecule has 9 heteroatoms. The topological polar surface area (TPSA) is 63.3 Å². The predicted molar refractivity (Wildman–Crippen MR) is 123 cm³/mol. The van der Waals surface area contributed by atoms with Crippen molar-refractivity contribution in [3.8, 4) is 22.5 Å². The lowest BCUT2D eigenvalue weighted by molar-refractivity contribution is -0.137. The fraction of sp³-hybridized carbons (Fsp3) is 0.0417. The zero-order chi connectivity index (χ0) is 22.8. The summed E-state index contributed by atoms with van der Waals surface area (Å²) in [4.78, 5) is 9.47. The molecule has 5 nitrogen and oxygen atoms in total. The predicted octanol–water partition coefficient (Wildman–Crippen LogP) is 7.08. The van der Waals surface area contributed by atoms with Crippen LogP contribution in [0.2, 0.25) is 0 Å². The first-order valence-corrected chi connectivity index (χ1v) is 10.7. The van der Waals surface area contributed by atoms with Crippen molar-refractivity contribution in [3.63, 3.8) is 0 Å². The number of fused-ring (bicyclic) bond motifs is 1. The number of nitrogens with zero attached hydrogens (tertiary/aromatic N) is 3. The number of furan rings is 1. The largest absolute Gasteiger partial charge is 0.455 e. The quantitative estimate of drug-likeness (QED) is 0.223. The van der Waals surface area contributed by atoms with Gasteiger partial charge < -0.3 is 4.42 Å². The van der Waals surface area contributed by atoms with Crippen LogP contribution in [0.1, 0.15) is 11.3 Å². The molecule has 5 aromatic rings. The molecule has 0 aliphatic heterocycles. The molecule has 3 aromatic heterocycles. The van der Waals surface area contributed by atoms with Crippen LogP contribution in [0.4, 0.5) is 19.0 Å². The molecule has 3 heterocycles. The van der Waals surface area contributed by atoms with Crippen LogP contribution in [0.3, 0.4) is 0 Å². The van der Waals surface area contributed by atoms with Gasteiger partial charge in [0, 0.05) is 16.5 Å². The molecule has 0 fully saturated rings. The summed E-state index contributed by atoms with van der Waals surface area (Å²) in [6.45, 7) is 0. The first-order chi connectivity index (χ1) is 16.0. The van der Waals surface area contributed by atoms with Gasteiger partial charge in [-0.2, -0.15) is 18.3 Å². The summed E-state index contributed by atoms with van der Waals surface area (Å²) in [5.74, 6) is 1.24. The maximum atomic E-state index is 13.0. The highest BCUT2D eigenvalue weighted by atomic mass is 32.1. The van der Waals surface area contributed by atoms with Gasteiger partial charge in [0.15, 0.2) is 5.82 Å². The second-order valence-corrected chi connectivity index (χ2v) is 7.93. The number of thiophene rings is 1. The lowest BCUT2D eigenvalue weighted by atomic mass is 10.1. The van der Waals surface area contributed by atoms with Crippen LogP contribution in [-0.2, 0) is 6.18 Å². The van der Waals surface area contributed by atoms with Crippen molar-refractivity contribution in [3.05, 3.63) is 89.8 Å². The Morgan fingerprint density at radius 1 is 0.939 bits per heavy atom. The Kier molecular flexibility index (Phi) is 5.39. The summed E-state index contributed by atoms with van der Waals surface area (Å²) in [5.41, 5.74) is 4.57. The number of halogens is 3. The zero-order valence-electron chi connectivity index (χ0n) is 16.9. The van der Waals surface area contributed by atoms with Crippen LogP contribution < -0.4 is 5.43 Å². The molecule has 0 aliphatic carbocycles. The molecule has 0 radical (unpaired) electrons. The number of nitrogens with one attached hydrogen (secondary N) is 1. The van der Waals surface area contributed by atoms with Crippen molar-refractivity contribution in [2.24, 2.45) is 5.10 Å². The Hall–Kier alpha value is -3.98. The van der Waals surface area contributed by atoms with Gasteiger partial charge in [-0.1, -0.05) is 42.5 Å². The standard InChI is InChI=1S/C24H15F3N4OS/c25-24(26,27)17-8-4-7-16(11-17)20-10-9-18(32-20)12-30-31-22-21-19(15-5-2-1-3-6-15)13-33-23(21)29-14-28-22/h1-14H,(H,28,29,31). The maximum Gasteiger partial charge on any atom is 0.416 e. The summed E-state index contributed by atoms with van der Waals surface area (Å²) in [6, 6.07) is 18.1. The van der Waals surface area contributed by atoms with Crippen molar-refractivity contribution >= 4 is 33.6 Å². The van der Waals surface area contributed by atoms with Crippen molar-refractivity contribution < 1.29 is 17.6 Å². The Morgan fingerprint density at radius 2 is 1.76 bits per heavy atom. The average molecular weight is 464 g/mol. The summed E-state index contributed by atoms with van der Waals surface area (Å²) in [7, 11) is 0. The molecule has 0 saturated carbocycles. The van der Waals surface area contributed by atoms with Gasteiger partial charge in [-0.05, 0) is 29.8 Å². The normalized spacial score (nSPS) is 12.0. The van der Waals surface area contributed by atoms with Crippen molar-refractivity contribution in [1.29, 1.82) is 0 Å². The van der Waals surface area contributed by atoms with E-state index in [1.54, 1.807) is 18.2 Å². The number of benzene rings is 2. The van der Waals surface area contributed by atoms with Crippen LogP contribution in [0.25, 0.3) is 32.7 Å². The second kappa shape index (κ2) is 8.51. The molecule has 0 bridgehead atoms. The van der Waals surface area contributed by atoms with Crippen LogP contribution in [0, 0.1) is 0 Å². The van der Waals surface area contributed by atoms with Crippen molar-refractivity contribution in [2.75, 3.05) is 5.43 Å². The van der Waals surface area contributed by atoms with E-state index in [2.05, 4.69) is 20.5 Å². The fourth-order valence-electron chi connectivity index (χ4n) is 3.37. The Morgan fingerprint density at radius 3 is 2.58 bits per heavy atom. The van der Waals surface area contributed by atoms with Gasteiger partial charge in [-0.3, -0.25) is 5.43 Å². The highest BCUT2D eigenvalue weighted by molar-refractivity contribution is 7.17. The monoisotopic (exact) mass is 464 g/mol. The Bertz CT molecular complexity index is 1440. The van der Waals surface area contributed by atoms with E-state index in [0.717, 1.165) is 33.5 Å². The van der Waals surface area contributed by atoms with Gasteiger partial charge in [0.1, 0.15) is 22.7 Å². The molecule has 2 aromatic carbocycles. The van der Waals surface area contributed by atoms with Crippen LogP contribution >= 0.6 is 11.3 Å². The first-order valence-electron chi connectivity index (χ1n) is 9.83. The van der Waals surface area contributed by atoms with Gasteiger partial charge in [-0.15, -0.1) is 11.3 Å². The van der Waals surface area contributed by atoms with E-state index in [1.165, 1.54) is 29.9 Å². The molecular formula is C24H15F3N4OS.